The third-order valence-corrected chi connectivity index (χ3v) is 5.28. The SMILES string of the molecule is Cc1ccc(CC2CCCN(C(=O)C3CCCCC3)C2)cn1. The molecular formula is C19H28N2O. The van der Waals surface area contributed by atoms with E-state index in [9.17, 15) is 4.79 Å². The molecule has 1 amide bonds. The van der Waals surface area contributed by atoms with E-state index >= 15 is 0 Å². The molecule has 1 saturated heterocycles. The molecule has 0 bridgehead atoms. The molecule has 1 aromatic heterocycles. The molecule has 1 saturated carbocycles. The largest absolute Gasteiger partial charge is 0.342 e. The lowest BCUT2D eigenvalue weighted by molar-refractivity contribution is -0.138. The summed E-state index contributed by atoms with van der Waals surface area (Å²) in [5, 5.41) is 0. The number of amides is 1. The number of carbonyl (C=O) groups is 1. The van der Waals surface area contributed by atoms with Gasteiger partial charge in [-0.05, 0) is 56.6 Å². The first-order valence-electron chi connectivity index (χ1n) is 8.92. The highest BCUT2D eigenvalue weighted by Gasteiger charge is 2.29. The van der Waals surface area contributed by atoms with Crippen molar-refractivity contribution in [2.45, 2.75) is 58.3 Å². The molecule has 22 heavy (non-hydrogen) atoms. The van der Waals surface area contributed by atoms with Crippen molar-refractivity contribution in [3.63, 3.8) is 0 Å². The Hall–Kier alpha value is -1.38. The van der Waals surface area contributed by atoms with E-state index in [2.05, 4.69) is 22.0 Å². The maximum Gasteiger partial charge on any atom is 0.225 e. The average Bonchev–Trinajstić information content (AvgIpc) is 2.57. The summed E-state index contributed by atoms with van der Waals surface area (Å²) in [7, 11) is 0. The summed E-state index contributed by atoms with van der Waals surface area (Å²) >= 11 is 0. The van der Waals surface area contributed by atoms with Crippen molar-refractivity contribution in [2.75, 3.05) is 13.1 Å². The van der Waals surface area contributed by atoms with Crippen molar-refractivity contribution in [2.24, 2.45) is 11.8 Å². The van der Waals surface area contributed by atoms with Gasteiger partial charge in [0.2, 0.25) is 5.91 Å². The van der Waals surface area contributed by atoms with Crippen LogP contribution in [0.4, 0.5) is 0 Å². The van der Waals surface area contributed by atoms with Gasteiger partial charge in [-0.2, -0.15) is 0 Å². The Bertz CT molecular complexity index is 491. The zero-order chi connectivity index (χ0) is 15.4. The third kappa shape index (κ3) is 3.88. The van der Waals surface area contributed by atoms with Gasteiger partial charge in [0, 0.05) is 30.9 Å². The quantitative estimate of drug-likeness (QED) is 0.851. The second kappa shape index (κ2) is 7.26. The fraction of sp³-hybridized carbons (Fsp3) is 0.684. The predicted molar refractivity (Wildman–Crippen MR) is 88.6 cm³/mol. The molecule has 1 aliphatic carbocycles. The fourth-order valence-electron chi connectivity index (χ4n) is 3.99. The van der Waals surface area contributed by atoms with Crippen molar-refractivity contribution >= 4 is 5.91 Å². The van der Waals surface area contributed by atoms with Gasteiger partial charge in [-0.1, -0.05) is 25.3 Å². The molecule has 3 nitrogen and oxygen atoms in total. The van der Waals surface area contributed by atoms with Crippen LogP contribution < -0.4 is 0 Å². The minimum atomic E-state index is 0.313. The molecule has 2 aliphatic rings. The number of piperidine rings is 1. The Balaban J connectivity index is 1.56. The first kappa shape index (κ1) is 15.5. The van der Waals surface area contributed by atoms with Gasteiger partial charge in [0.05, 0.1) is 0 Å². The Labute approximate surface area is 134 Å². The van der Waals surface area contributed by atoms with Crippen molar-refractivity contribution in [1.82, 2.24) is 9.88 Å². The van der Waals surface area contributed by atoms with E-state index in [0.29, 0.717) is 17.7 Å². The number of nitrogens with zero attached hydrogens (tertiary/aromatic N) is 2. The number of likely N-dealkylation sites (tertiary alicyclic amines) is 1. The van der Waals surface area contributed by atoms with Crippen LogP contribution in [0.2, 0.25) is 0 Å². The lowest BCUT2D eigenvalue weighted by Gasteiger charge is -2.36. The Morgan fingerprint density at radius 1 is 1.18 bits per heavy atom. The maximum absolute atomic E-state index is 12.7. The van der Waals surface area contributed by atoms with Crippen LogP contribution in [0.25, 0.3) is 0 Å². The van der Waals surface area contributed by atoms with Crippen molar-refractivity contribution in [3.8, 4) is 0 Å². The monoisotopic (exact) mass is 300 g/mol. The van der Waals surface area contributed by atoms with Gasteiger partial charge in [0.1, 0.15) is 0 Å². The predicted octanol–water partition coefficient (Wildman–Crippen LogP) is 3.75. The van der Waals surface area contributed by atoms with Gasteiger partial charge in [0.15, 0.2) is 0 Å². The highest BCUT2D eigenvalue weighted by atomic mass is 16.2. The first-order chi connectivity index (χ1) is 10.7. The molecule has 0 N–H and O–H groups in total. The summed E-state index contributed by atoms with van der Waals surface area (Å²) in [5.74, 6) is 1.35. The van der Waals surface area contributed by atoms with Crippen molar-refractivity contribution in [3.05, 3.63) is 29.6 Å². The van der Waals surface area contributed by atoms with Crippen LogP contribution in [-0.4, -0.2) is 28.9 Å². The number of aryl methyl sites for hydroxylation is 1. The summed E-state index contributed by atoms with van der Waals surface area (Å²) in [4.78, 5) is 19.3. The lowest BCUT2D eigenvalue weighted by atomic mass is 9.86. The molecule has 120 valence electrons. The molecule has 1 aromatic rings. The smallest absolute Gasteiger partial charge is 0.225 e. The molecule has 3 heteroatoms. The van der Waals surface area contributed by atoms with Crippen LogP contribution in [0.3, 0.4) is 0 Å². The second-order valence-electron chi connectivity index (χ2n) is 7.14. The van der Waals surface area contributed by atoms with E-state index < -0.39 is 0 Å². The molecule has 0 spiro atoms. The third-order valence-electron chi connectivity index (χ3n) is 5.28. The summed E-state index contributed by atoms with van der Waals surface area (Å²) < 4.78 is 0. The minimum absolute atomic E-state index is 0.313. The maximum atomic E-state index is 12.7. The normalized spacial score (nSPS) is 23.5. The van der Waals surface area contributed by atoms with E-state index in [1.807, 2.05) is 13.1 Å². The molecule has 3 rings (SSSR count). The zero-order valence-electron chi connectivity index (χ0n) is 13.8. The molecular weight excluding hydrogens is 272 g/mol. The highest BCUT2D eigenvalue weighted by molar-refractivity contribution is 5.79. The van der Waals surface area contributed by atoms with Crippen LogP contribution in [0.1, 0.15) is 56.2 Å². The van der Waals surface area contributed by atoms with Gasteiger partial charge in [-0.25, -0.2) is 0 Å². The lowest BCUT2D eigenvalue weighted by Crippen LogP contribution is -2.43. The summed E-state index contributed by atoms with van der Waals surface area (Å²) in [6, 6.07) is 4.27. The van der Waals surface area contributed by atoms with E-state index in [1.165, 1.54) is 31.2 Å². The average molecular weight is 300 g/mol. The minimum Gasteiger partial charge on any atom is -0.342 e. The van der Waals surface area contributed by atoms with Crippen LogP contribution in [0, 0.1) is 18.8 Å². The number of hydrogen-bond acceptors (Lipinski definition) is 2. The molecule has 0 aromatic carbocycles. The highest BCUT2D eigenvalue weighted by Crippen LogP contribution is 2.28. The molecule has 1 atom stereocenters. The molecule has 1 aliphatic heterocycles. The Kier molecular flexibility index (Phi) is 5.12. The fourth-order valence-corrected chi connectivity index (χ4v) is 3.99. The van der Waals surface area contributed by atoms with Crippen molar-refractivity contribution < 1.29 is 4.79 Å². The Morgan fingerprint density at radius 3 is 2.73 bits per heavy atom. The topological polar surface area (TPSA) is 33.2 Å². The number of pyridine rings is 1. The van der Waals surface area contributed by atoms with E-state index in [4.69, 9.17) is 0 Å². The van der Waals surface area contributed by atoms with E-state index in [-0.39, 0.29) is 0 Å². The summed E-state index contributed by atoms with van der Waals surface area (Å²) in [6.07, 6.45) is 11.5. The number of carbonyl (C=O) groups excluding carboxylic acids is 1. The molecule has 2 heterocycles. The number of aromatic nitrogens is 1. The zero-order valence-corrected chi connectivity index (χ0v) is 13.8. The number of rotatable bonds is 3. The van der Waals surface area contributed by atoms with Crippen molar-refractivity contribution in [1.29, 1.82) is 0 Å². The molecule has 1 unspecified atom stereocenters. The molecule has 2 fully saturated rings. The van der Waals surface area contributed by atoms with Gasteiger partial charge in [-0.3, -0.25) is 9.78 Å². The Morgan fingerprint density at radius 2 is 2.00 bits per heavy atom. The van der Waals surface area contributed by atoms with E-state index in [0.717, 1.165) is 44.5 Å². The van der Waals surface area contributed by atoms with Gasteiger partial charge in [0.25, 0.3) is 0 Å². The van der Waals surface area contributed by atoms with Crippen LogP contribution in [0.15, 0.2) is 18.3 Å². The summed E-state index contributed by atoms with van der Waals surface area (Å²) in [5.41, 5.74) is 2.38. The van der Waals surface area contributed by atoms with Gasteiger partial charge < -0.3 is 4.90 Å². The van der Waals surface area contributed by atoms with Crippen LogP contribution in [-0.2, 0) is 11.2 Å². The molecule has 0 radical (unpaired) electrons. The van der Waals surface area contributed by atoms with Gasteiger partial charge in [-0.15, -0.1) is 0 Å². The standard InChI is InChI=1S/C19H28N2O/c1-15-9-10-16(13-20-15)12-17-6-5-11-21(14-17)19(22)18-7-3-2-4-8-18/h9-10,13,17-18H,2-8,11-12,14H2,1H3. The van der Waals surface area contributed by atoms with Crippen LogP contribution >= 0.6 is 0 Å². The van der Waals surface area contributed by atoms with Gasteiger partial charge >= 0.3 is 0 Å². The first-order valence-corrected chi connectivity index (χ1v) is 8.92. The number of hydrogen-bond donors (Lipinski definition) is 0. The van der Waals surface area contributed by atoms with Crippen LogP contribution in [0.5, 0.6) is 0 Å². The summed E-state index contributed by atoms with van der Waals surface area (Å²) in [6.45, 7) is 3.94. The van der Waals surface area contributed by atoms with E-state index in [1.54, 1.807) is 0 Å². The second-order valence-corrected chi connectivity index (χ2v) is 7.14.